The summed E-state index contributed by atoms with van der Waals surface area (Å²) in [5.74, 6) is -0.622. The van der Waals surface area contributed by atoms with Gasteiger partial charge in [0.2, 0.25) is 11.8 Å². The molecule has 8 heteroatoms. The summed E-state index contributed by atoms with van der Waals surface area (Å²) < 4.78 is 0. The fraction of sp³-hybridized carbons (Fsp3) is 0.440. The number of hydrogen-bond acceptors (Lipinski definition) is 5. The van der Waals surface area contributed by atoms with Gasteiger partial charge in [0.1, 0.15) is 5.41 Å². The van der Waals surface area contributed by atoms with Gasteiger partial charge in [0.05, 0.1) is 6.17 Å². The van der Waals surface area contributed by atoms with Gasteiger partial charge in [-0.15, -0.1) is 0 Å². The van der Waals surface area contributed by atoms with Crippen LogP contribution in [-0.4, -0.2) is 41.7 Å². The Bertz CT molecular complexity index is 850. The van der Waals surface area contributed by atoms with Crippen molar-refractivity contribution >= 4 is 18.9 Å². The summed E-state index contributed by atoms with van der Waals surface area (Å²) in [4.78, 5) is 26.5. The molecule has 1 fully saturated rings. The monoisotopic (exact) mass is 451 g/mol. The topological polar surface area (TPSA) is 125 Å². The normalized spacial score (nSPS) is 15.8. The zero-order chi connectivity index (χ0) is 23.7. The highest BCUT2D eigenvalue weighted by molar-refractivity contribution is 6.40. The van der Waals surface area contributed by atoms with E-state index in [9.17, 15) is 9.59 Å². The van der Waals surface area contributed by atoms with E-state index in [1.54, 1.807) is 0 Å². The lowest BCUT2D eigenvalue weighted by Crippen LogP contribution is -2.54. The molecular weight excluding hydrogens is 417 g/mol. The Morgan fingerprint density at radius 1 is 0.939 bits per heavy atom. The molecule has 1 atom stereocenters. The number of rotatable bonds is 11. The molecule has 3 rings (SSSR count). The third-order valence-electron chi connectivity index (χ3n) is 6.49. The van der Waals surface area contributed by atoms with Gasteiger partial charge in [-0.2, -0.15) is 0 Å². The summed E-state index contributed by atoms with van der Waals surface area (Å²) in [6.45, 7) is 0.391. The van der Waals surface area contributed by atoms with Crippen LogP contribution in [0.3, 0.4) is 0 Å². The summed E-state index contributed by atoms with van der Waals surface area (Å²) in [6.07, 6.45) is 3.04. The van der Waals surface area contributed by atoms with Crippen LogP contribution in [0, 0.1) is 5.41 Å². The highest BCUT2D eigenvalue weighted by atomic mass is 16.4. The third-order valence-corrected chi connectivity index (χ3v) is 6.49. The number of hydrogen-bond donors (Lipinski definition) is 5. The van der Waals surface area contributed by atoms with Crippen LogP contribution in [0.4, 0.5) is 0 Å². The molecule has 1 unspecified atom stereocenters. The lowest BCUT2D eigenvalue weighted by atomic mass is 9.82. The molecule has 0 heterocycles. The van der Waals surface area contributed by atoms with Crippen LogP contribution >= 0.6 is 0 Å². The highest BCUT2D eigenvalue weighted by Gasteiger charge is 2.48. The van der Waals surface area contributed by atoms with Crippen molar-refractivity contribution in [3.05, 3.63) is 71.8 Å². The Morgan fingerprint density at radius 2 is 1.48 bits per heavy atom. The molecule has 0 spiro atoms. The van der Waals surface area contributed by atoms with E-state index in [0.717, 1.165) is 24.0 Å². The fourth-order valence-electron chi connectivity index (χ4n) is 4.60. The molecule has 33 heavy (non-hydrogen) atoms. The van der Waals surface area contributed by atoms with Crippen LogP contribution in [-0.2, 0) is 9.59 Å². The van der Waals surface area contributed by atoms with Crippen molar-refractivity contribution in [3.63, 3.8) is 0 Å². The maximum atomic E-state index is 13.4. The molecule has 0 aliphatic heterocycles. The first kappa shape index (κ1) is 25.0. The molecule has 1 aliphatic carbocycles. The first-order chi connectivity index (χ1) is 15.9. The molecule has 6 N–H and O–H groups in total. The Labute approximate surface area is 195 Å². The van der Waals surface area contributed by atoms with Gasteiger partial charge < -0.3 is 26.4 Å². The zero-order valence-electron chi connectivity index (χ0n) is 19.0. The SMILES string of the molecule is NC(CCCB(O)O)NC(=O)C1(C(=O)NCC(c2ccccc2)c2ccccc2)CCCC1. The minimum absolute atomic E-state index is 0.0231. The first-order valence-electron chi connectivity index (χ1n) is 11.7. The molecular formula is C25H34BN3O4. The summed E-state index contributed by atoms with van der Waals surface area (Å²) in [5.41, 5.74) is 7.11. The Balaban J connectivity index is 1.68. The molecule has 1 aliphatic rings. The van der Waals surface area contributed by atoms with E-state index in [1.165, 1.54) is 0 Å². The van der Waals surface area contributed by atoms with Gasteiger partial charge >= 0.3 is 7.12 Å². The molecule has 2 amide bonds. The second kappa shape index (κ2) is 12.0. The van der Waals surface area contributed by atoms with Gasteiger partial charge in [0, 0.05) is 12.5 Å². The van der Waals surface area contributed by atoms with E-state index in [4.69, 9.17) is 15.8 Å². The second-order valence-electron chi connectivity index (χ2n) is 8.86. The Hall–Kier alpha value is -2.68. The Kier molecular flexibility index (Phi) is 9.06. The van der Waals surface area contributed by atoms with E-state index in [2.05, 4.69) is 10.6 Å². The average Bonchev–Trinajstić information content (AvgIpc) is 3.32. The van der Waals surface area contributed by atoms with Crippen LogP contribution in [0.5, 0.6) is 0 Å². The molecule has 2 aromatic carbocycles. The highest BCUT2D eigenvalue weighted by Crippen LogP contribution is 2.39. The van der Waals surface area contributed by atoms with E-state index in [-0.39, 0.29) is 24.1 Å². The first-order valence-corrected chi connectivity index (χ1v) is 11.7. The molecule has 0 radical (unpaired) electrons. The second-order valence-corrected chi connectivity index (χ2v) is 8.86. The van der Waals surface area contributed by atoms with Crippen LogP contribution in [0.25, 0.3) is 0 Å². The third kappa shape index (κ3) is 6.66. The maximum absolute atomic E-state index is 13.4. The molecule has 7 nitrogen and oxygen atoms in total. The number of carbonyl (C=O) groups excluding carboxylic acids is 2. The summed E-state index contributed by atoms with van der Waals surface area (Å²) in [7, 11) is -1.39. The minimum atomic E-state index is -1.39. The molecule has 0 bridgehead atoms. The van der Waals surface area contributed by atoms with Crippen LogP contribution in [0.15, 0.2) is 60.7 Å². The van der Waals surface area contributed by atoms with Gasteiger partial charge in [-0.05, 0) is 36.7 Å². The van der Waals surface area contributed by atoms with Crippen molar-refractivity contribution < 1.29 is 19.6 Å². The molecule has 0 aromatic heterocycles. The van der Waals surface area contributed by atoms with Crippen molar-refractivity contribution in [1.29, 1.82) is 0 Å². The average molecular weight is 451 g/mol. The van der Waals surface area contributed by atoms with E-state index in [1.807, 2.05) is 60.7 Å². The zero-order valence-corrected chi connectivity index (χ0v) is 19.0. The standard InChI is InChI=1S/C25H34BN3O4/c27-22(14-9-17-26(32)33)29-24(31)25(15-7-8-16-25)23(30)28-18-21(19-10-3-1-4-11-19)20-12-5-2-6-13-20/h1-6,10-13,21-22,32-33H,7-9,14-18,27H2,(H,28,30)(H,29,31). The predicted octanol–water partition coefficient (Wildman–Crippen LogP) is 2.15. The lowest BCUT2D eigenvalue weighted by molar-refractivity contribution is -0.143. The van der Waals surface area contributed by atoms with Crippen molar-refractivity contribution in [1.82, 2.24) is 10.6 Å². The van der Waals surface area contributed by atoms with Crippen LogP contribution < -0.4 is 16.4 Å². The fourth-order valence-corrected chi connectivity index (χ4v) is 4.60. The van der Waals surface area contributed by atoms with Gasteiger partial charge in [-0.25, -0.2) is 0 Å². The van der Waals surface area contributed by atoms with Crippen LogP contribution in [0.1, 0.15) is 55.6 Å². The quantitative estimate of drug-likeness (QED) is 0.203. The van der Waals surface area contributed by atoms with Crippen molar-refractivity contribution in [2.45, 2.75) is 56.9 Å². The van der Waals surface area contributed by atoms with Crippen molar-refractivity contribution in [2.75, 3.05) is 6.54 Å². The lowest BCUT2D eigenvalue weighted by Gasteiger charge is -2.29. The number of nitrogens with two attached hydrogens (primary N) is 1. The number of benzene rings is 2. The predicted molar refractivity (Wildman–Crippen MR) is 129 cm³/mol. The van der Waals surface area contributed by atoms with E-state index in [0.29, 0.717) is 32.2 Å². The van der Waals surface area contributed by atoms with E-state index < -0.39 is 18.7 Å². The molecule has 0 saturated heterocycles. The number of amides is 2. The summed E-state index contributed by atoms with van der Waals surface area (Å²) in [6, 6.07) is 20.0. The summed E-state index contributed by atoms with van der Waals surface area (Å²) in [5, 5.41) is 23.8. The van der Waals surface area contributed by atoms with Gasteiger partial charge in [0.15, 0.2) is 0 Å². The summed E-state index contributed by atoms with van der Waals surface area (Å²) >= 11 is 0. The maximum Gasteiger partial charge on any atom is 0.451 e. The Morgan fingerprint density at radius 3 is 2.00 bits per heavy atom. The van der Waals surface area contributed by atoms with Gasteiger partial charge in [-0.1, -0.05) is 79.9 Å². The van der Waals surface area contributed by atoms with Crippen molar-refractivity contribution in [3.8, 4) is 0 Å². The minimum Gasteiger partial charge on any atom is -0.427 e. The van der Waals surface area contributed by atoms with Crippen molar-refractivity contribution in [2.24, 2.45) is 11.1 Å². The van der Waals surface area contributed by atoms with E-state index >= 15 is 0 Å². The van der Waals surface area contributed by atoms with Gasteiger partial charge in [-0.3, -0.25) is 9.59 Å². The molecule has 2 aromatic rings. The molecule has 1 saturated carbocycles. The largest absolute Gasteiger partial charge is 0.451 e. The van der Waals surface area contributed by atoms with Crippen LogP contribution in [0.2, 0.25) is 6.32 Å². The number of carbonyl (C=O) groups is 2. The smallest absolute Gasteiger partial charge is 0.427 e. The van der Waals surface area contributed by atoms with Gasteiger partial charge in [0.25, 0.3) is 0 Å². The number of nitrogens with one attached hydrogen (secondary N) is 2. The molecule has 176 valence electrons.